The van der Waals surface area contributed by atoms with Gasteiger partial charge in [0.1, 0.15) is 13.2 Å². The molecule has 68 heavy (non-hydrogen) atoms. The van der Waals surface area contributed by atoms with Crippen molar-refractivity contribution >= 4 is 17.9 Å². The van der Waals surface area contributed by atoms with Gasteiger partial charge in [-0.15, -0.1) is 0 Å². The molecule has 0 radical (unpaired) electrons. The van der Waals surface area contributed by atoms with E-state index in [9.17, 15) is 14.4 Å². The van der Waals surface area contributed by atoms with Crippen molar-refractivity contribution < 1.29 is 28.6 Å². The van der Waals surface area contributed by atoms with Gasteiger partial charge in [-0.2, -0.15) is 0 Å². The van der Waals surface area contributed by atoms with Crippen molar-refractivity contribution in [2.45, 2.75) is 329 Å². The number of hydrogen-bond donors (Lipinski definition) is 0. The number of unbranched alkanes of at least 4 members (excludes halogenated alkanes) is 38. The number of carbonyl (C=O) groups is 3. The molecule has 0 N–H and O–H groups in total. The molecule has 0 aromatic carbocycles. The van der Waals surface area contributed by atoms with Gasteiger partial charge in [0.05, 0.1) is 0 Å². The van der Waals surface area contributed by atoms with Crippen LogP contribution in [0, 0.1) is 0 Å². The lowest BCUT2D eigenvalue weighted by molar-refractivity contribution is -0.167. The molecule has 0 aliphatic carbocycles. The van der Waals surface area contributed by atoms with Gasteiger partial charge in [-0.25, -0.2) is 0 Å². The van der Waals surface area contributed by atoms with E-state index >= 15 is 0 Å². The molecule has 0 spiro atoms. The Bertz CT molecular complexity index is 1140. The van der Waals surface area contributed by atoms with Crippen molar-refractivity contribution in [2.24, 2.45) is 0 Å². The summed E-state index contributed by atoms with van der Waals surface area (Å²) in [4.78, 5) is 38.1. The lowest BCUT2D eigenvalue weighted by Crippen LogP contribution is -2.30. The van der Waals surface area contributed by atoms with Gasteiger partial charge in [-0.3, -0.25) is 14.4 Å². The van der Waals surface area contributed by atoms with Crippen LogP contribution in [0.4, 0.5) is 0 Å². The lowest BCUT2D eigenvalue weighted by Gasteiger charge is -2.18. The topological polar surface area (TPSA) is 78.9 Å². The highest BCUT2D eigenvalue weighted by Gasteiger charge is 2.19. The fourth-order valence-corrected chi connectivity index (χ4v) is 8.93. The van der Waals surface area contributed by atoms with Crippen LogP contribution >= 0.6 is 0 Å². The first-order valence-electron chi connectivity index (χ1n) is 30.0. The summed E-state index contributed by atoms with van der Waals surface area (Å²) < 4.78 is 16.8. The van der Waals surface area contributed by atoms with E-state index in [1.807, 2.05) is 0 Å². The Hall–Kier alpha value is -2.37. The summed E-state index contributed by atoms with van der Waals surface area (Å²) in [6.45, 7) is 6.55. The Morgan fingerprint density at radius 3 is 0.897 bits per heavy atom. The number of rotatable bonds is 55. The second-order valence-electron chi connectivity index (χ2n) is 20.2. The zero-order chi connectivity index (χ0) is 49.3. The van der Waals surface area contributed by atoms with Crippen LogP contribution in [0.5, 0.6) is 0 Å². The second kappa shape index (κ2) is 57.2. The van der Waals surface area contributed by atoms with Gasteiger partial charge in [0.2, 0.25) is 0 Å². The third-order valence-corrected chi connectivity index (χ3v) is 13.4. The number of esters is 3. The second-order valence-corrected chi connectivity index (χ2v) is 20.2. The van der Waals surface area contributed by atoms with Gasteiger partial charge in [-0.1, -0.05) is 288 Å². The van der Waals surface area contributed by atoms with Crippen LogP contribution in [0.2, 0.25) is 0 Å². The standard InChI is InChI=1S/C62H114O6/c1-4-7-10-13-16-19-22-24-26-27-28-29-30-31-32-33-34-35-37-38-40-43-46-49-52-55-61(64)67-58-59(57-66-60(63)54-51-48-45-42-21-18-15-12-9-6-3)68-62(65)56-53-50-47-44-41-39-36-25-23-20-17-14-11-8-5-2/h8,11,17,20,25,36,59H,4-7,9-10,12-16,18-19,21-24,26-35,37-58H2,1-3H3/b11-8-,20-17-,36-25-. The molecule has 1 atom stereocenters. The van der Waals surface area contributed by atoms with Crippen molar-refractivity contribution in [2.75, 3.05) is 13.2 Å². The number of carbonyl (C=O) groups excluding carboxylic acids is 3. The SMILES string of the molecule is CC/C=C\C/C=C\C/C=C\CCCCCCCC(=O)OC(COC(=O)CCCCCCCCCCCC)COC(=O)CCCCCCCCCCCCCCCCCCCCCCCCCCC. The van der Waals surface area contributed by atoms with E-state index < -0.39 is 6.10 Å². The quantitative estimate of drug-likeness (QED) is 0.0262. The van der Waals surface area contributed by atoms with Crippen molar-refractivity contribution in [3.63, 3.8) is 0 Å². The largest absolute Gasteiger partial charge is 0.462 e. The van der Waals surface area contributed by atoms with E-state index in [0.717, 1.165) is 96.3 Å². The molecule has 1 unspecified atom stereocenters. The van der Waals surface area contributed by atoms with Crippen LogP contribution < -0.4 is 0 Å². The maximum Gasteiger partial charge on any atom is 0.306 e. The zero-order valence-electron chi connectivity index (χ0n) is 45.6. The minimum absolute atomic E-state index is 0.0746. The van der Waals surface area contributed by atoms with E-state index in [2.05, 4.69) is 57.2 Å². The van der Waals surface area contributed by atoms with E-state index in [4.69, 9.17) is 14.2 Å². The van der Waals surface area contributed by atoms with Crippen LogP contribution in [-0.2, 0) is 28.6 Å². The number of allylic oxidation sites excluding steroid dienone is 6. The minimum atomic E-state index is -0.776. The maximum absolute atomic E-state index is 12.8. The molecule has 0 rings (SSSR count). The van der Waals surface area contributed by atoms with Crippen molar-refractivity contribution in [1.82, 2.24) is 0 Å². The summed E-state index contributed by atoms with van der Waals surface area (Å²) in [7, 11) is 0. The highest BCUT2D eigenvalue weighted by atomic mass is 16.6. The first kappa shape index (κ1) is 65.6. The highest BCUT2D eigenvalue weighted by Crippen LogP contribution is 2.17. The van der Waals surface area contributed by atoms with Crippen LogP contribution in [0.3, 0.4) is 0 Å². The summed E-state index contributed by atoms with van der Waals surface area (Å²) in [5, 5.41) is 0. The molecule has 0 amide bonds. The molecule has 0 aromatic heterocycles. The molecule has 0 aliphatic rings. The van der Waals surface area contributed by atoms with Crippen molar-refractivity contribution in [1.29, 1.82) is 0 Å². The molecule has 6 nitrogen and oxygen atoms in total. The molecular formula is C62H114O6. The summed E-state index contributed by atoms with van der Waals surface area (Å²) in [5.74, 6) is -0.875. The van der Waals surface area contributed by atoms with Gasteiger partial charge >= 0.3 is 17.9 Å². The fraction of sp³-hybridized carbons (Fsp3) is 0.855. The molecule has 0 bridgehead atoms. The van der Waals surface area contributed by atoms with Gasteiger partial charge in [0.25, 0.3) is 0 Å². The Kier molecular flexibility index (Phi) is 55.2. The maximum atomic E-state index is 12.8. The van der Waals surface area contributed by atoms with Gasteiger partial charge in [0.15, 0.2) is 6.10 Å². The Labute approximate surface area is 423 Å². The lowest BCUT2D eigenvalue weighted by atomic mass is 10.0. The average molecular weight is 956 g/mol. The molecule has 0 saturated heterocycles. The molecule has 0 fully saturated rings. The first-order chi connectivity index (χ1) is 33.5. The zero-order valence-corrected chi connectivity index (χ0v) is 45.6. The van der Waals surface area contributed by atoms with Crippen LogP contribution in [0.15, 0.2) is 36.5 Å². The molecule has 0 saturated carbocycles. The highest BCUT2D eigenvalue weighted by molar-refractivity contribution is 5.71. The molecule has 0 aliphatic heterocycles. The third-order valence-electron chi connectivity index (χ3n) is 13.4. The van der Waals surface area contributed by atoms with Crippen molar-refractivity contribution in [3.8, 4) is 0 Å². The summed E-state index contributed by atoms with van der Waals surface area (Å²) in [6, 6.07) is 0. The summed E-state index contributed by atoms with van der Waals surface area (Å²) in [6.07, 6.45) is 68.7. The summed E-state index contributed by atoms with van der Waals surface area (Å²) in [5.41, 5.74) is 0. The number of hydrogen-bond acceptors (Lipinski definition) is 6. The molecule has 0 heterocycles. The smallest absolute Gasteiger partial charge is 0.306 e. The predicted octanol–water partition coefficient (Wildman–Crippen LogP) is 20.0. The minimum Gasteiger partial charge on any atom is -0.462 e. The predicted molar refractivity (Wildman–Crippen MR) is 293 cm³/mol. The van der Waals surface area contributed by atoms with Crippen LogP contribution in [-0.4, -0.2) is 37.2 Å². The molecule has 6 heteroatoms. The fourth-order valence-electron chi connectivity index (χ4n) is 8.93. The monoisotopic (exact) mass is 955 g/mol. The third kappa shape index (κ3) is 54.6. The van der Waals surface area contributed by atoms with Gasteiger partial charge in [0, 0.05) is 19.3 Å². The van der Waals surface area contributed by atoms with Crippen LogP contribution in [0.1, 0.15) is 323 Å². The molecule has 0 aromatic rings. The Morgan fingerprint density at radius 2 is 0.574 bits per heavy atom. The number of ether oxygens (including phenoxy) is 3. The van der Waals surface area contributed by atoms with E-state index in [-0.39, 0.29) is 31.1 Å². The Morgan fingerprint density at radius 1 is 0.309 bits per heavy atom. The van der Waals surface area contributed by atoms with E-state index in [1.54, 1.807) is 0 Å². The average Bonchev–Trinajstić information content (AvgIpc) is 3.34. The van der Waals surface area contributed by atoms with Crippen molar-refractivity contribution in [3.05, 3.63) is 36.5 Å². The van der Waals surface area contributed by atoms with Crippen LogP contribution in [0.25, 0.3) is 0 Å². The van der Waals surface area contributed by atoms with E-state index in [1.165, 1.54) is 186 Å². The Balaban J connectivity index is 4.17. The van der Waals surface area contributed by atoms with E-state index in [0.29, 0.717) is 19.3 Å². The summed E-state index contributed by atoms with van der Waals surface area (Å²) >= 11 is 0. The normalized spacial score (nSPS) is 12.2. The van der Waals surface area contributed by atoms with Gasteiger partial charge in [-0.05, 0) is 51.4 Å². The first-order valence-corrected chi connectivity index (χ1v) is 30.0. The molecule has 398 valence electrons. The molecular weight excluding hydrogens is 841 g/mol. The van der Waals surface area contributed by atoms with Gasteiger partial charge < -0.3 is 14.2 Å².